The Morgan fingerprint density at radius 2 is 2.10 bits per heavy atom. The minimum absolute atomic E-state index is 0.561. The van der Waals surface area contributed by atoms with Gasteiger partial charge in [-0.15, -0.1) is 22.9 Å². The van der Waals surface area contributed by atoms with Crippen molar-refractivity contribution in [2.75, 3.05) is 5.88 Å². The lowest BCUT2D eigenvalue weighted by atomic mass is 10.4. The van der Waals surface area contributed by atoms with E-state index in [0.717, 1.165) is 39.8 Å². The van der Waals surface area contributed by atoms with E-state index in [9.17, 15) is 0 Å². The molecule has 0 bridgehead atoms. The predicted molar refractivity (Wildman–Crippen MR) is 81.6 cm³/mol. The van der Waals surface area contributed by atoms with E-state index in [0.29, 0.717) is 12.4 Å². The highest BCUT2D eigenvalue weighted by Crippen LogP contribution is 2.21. The van der Waals surface area contributed by atoms with Gasteiger partial charge in [-0.25, -0.2) is 9.97 Å². The van der Waals surface area contributed by atoms with E-state index in [4.69, 9.17) is 16.6 Å². The van der Waals surface area contributed by atoms with Crippen LogP contribution in [0, 0.1) is 13.8 Å². The summed E-state index contributed by atoms with van der Waals surface area (Å²) in [6.07, 6.45) is 0.749. The van der Waals surface area contributed by atoms with E-state index in [2.05, 4.69) is 20.0 Å². The highest BCUT2D eigenvalue weighted by Gasteiger charge is 2.17. The average Bonchev–Trinajstić information content (AvgIpc) is 3.02. The smallest absolute Gasteiger partial charge is 0.159 e. The molecule has 0 saturated heterocycles. The maximum Gasteiger partial charge on any atom is 0.159 e. The second-order valence-corrected chi connectivity index (χ2v) is 6.23. The summed E-state index contributed by atoms with van der Waals surface area (Å²) in [6, 6.07) is 0. The second-order valence-electron chi connectivity index (χ2n) is 4.79. The van der Waals surface area contributed by atoms with Crippen LogP contribution in [0.1, 0.15) is 22.2 Å². The van der Waals surface area contributed by atoms with E-state index in [1.807, 2.05) is 25.6 Å². The Labute approximate surface area is 126 Å². The molecule has 0 saturated carbocycles. The summed E-state index contributed by atoms with van der Waals surface area (Å²) in [5, 5.41) is 7.61. The number of hydrogen-bond acceptors (Lipinski definition) is 4. The van der Waals surface area contributed by atoms with Crippen molar-refractivity contribution in [3.8, 4) is 0 Å². The van der Waals surface area contributed by atoms with Gasteiger partial charge in [0.05, 0.1) is 22.9 Å². The molecule has 0 unspecified atom stereocenters. The Morgan fingerprint density at radius 3 is 2.75 bits per heavy atom. The molecule has 0 radical (unpaired) electrons. The normalized spacial score (nSPS) is 11.6. The van der Waals surface area contributed by atoms with Gasteiger partial charge in [-0.2, -0.15) is 5.10 Å². The Hall–Kier alpha value is -1.40. The first-order valence-corrected chi connectivity index (χ1v) is 7.87. The monoisotopic (exact) mass is 309 g/mol. The fourth-order valence-electron chi connectivity index (χ4n) is 2.46. The largest absolute Gasteiger partial charge is 0.307 e. The standard InChI is InChI=1S/C13H16ClN5S/c1-8-12-13(18(3)17-8)19(11(16-12)4-5-14)6-10-7-20-9(2)15-10/h7H,4-6H2,1-3H3. The number of thiazole rings is 1. The molecule has 0 aromatic carbocycles. The van der Waals surface area contributed by atoms with Gasteiger partial charge in [-0.1, -0.05) is 0 Å². The third-order valence-electron chi connectivity index (χ3n) is 3.27. The van der Waals surface area contributed by atoms with Crippen LogP contribution in [0.3, 0.4) is 0 Å². The molecule has 7 heteroatoms. The third-order valence-corrected chi connectivity index (χ3v) is 4.29. The van der Waals surface area contributed by atoms with Crippen LogP contribution in [0.5, 0.6) is 0 Å². The first kappa shape index (κ1) is 13.6. The van der Waals surface area contributed by atoms with Gasteiger partial charge < -0.3 is 4.57 Å². The fourth-order valence-corrected chi connectivity index (χ4v) is 3.24. The van der Waals surface area contributed by atoms with Gasteiger partial charge in [-0.3, -0.25) is 4.68 Å². The van der Waals surface area contributed by atoms with Gasteiger partial charge in [0.1, 0.15) is 11.3 Å². The van der Waals surface area contributed by atoms with Crippen LogP contribution in [0.25, 0.3) is 11.2 Å². The molecule has 20 heavy (non-hydrogen) atoms. The number of alkyl halides is 1. The van der Waals surface area contributed by atoms with Crippen molar-refractivity contribution >= 4 is 34.1 Å². The molecule has 5 nitrogen and oxygen atoms in total. The highest BCUT2D eigenvalue weighted by molar-refractivity contribution is 7.09. The summed E-state index contributed by atoms with van der Waals surface area (Å²) in [7, 11) is 1.95. The lowest BCUT2D eigenvalue weighted by Crippen LogP contribution is -2.09. The van der Waals surface area contributed by atoms with E-state index in [1.165, 1.54) is 0 Å². The lowest BCUT2D eigenvalue weighted by molar-refractivity contribution is 0.685. The molecule has 0 N–H and O–H groups in total. The molecule has 3 heterocycles. The molecule has 0 aliphatic carbocycles. The van der Waals surface area contributed by atoms with Crippen LogP contribution in [-0.4, -0.2) is 30.2 Å². The predicted octanol–water partition coefficient (Wildman–Crippen LogP) is 2.67. The molecule has 3 aromatic heterocycles. The maximum atomic E-state index is 5.90. The zero-order chi connectivity index (χ0) is 14.3. The number of nitrogens with zero attached hydrogens (tertiary/aromatic N) is 5. The second kappa shape index (κ2) is 5.18. The number of imidazole rings is 1. The number of halogens is 1. The Bertz CT molecular complexity index is 754. The molecular weight excluding hydrogens is 294 g/mol. The number of fused-ring (bicyclic) bond motifs is 1. The minimum atomic E-state index is 0.561. The molecular formula is C13H16ClN5S. The zero-order valence-electron chi connectivity index (χ0n) is 11.7. The summed E-state index contributed by atoms with van der Waals surface area (Å²) in [5.74, 6) is 1.56. The Morgan fingerprint density at radius 1 is 1.30 bits per heavy atom. The molecule has 0 aliphatic heterocycles. The van der Waals surface area contributed by atoms with Gasteiger partial charge in [0.2, 0.25) is 0 Å². The van der Waals surface area contributed by atoms with Crippen molar-refractivity contribution in [3.05, 3.63) is 27.6 Å². The molecule has 0 atom stereocenters. The molecule has 0 spiro atoms. The Kier molecular flexibility index (Phi) is 3.52. The Balaban J connectivity index is 2.12. The molecule has 0 fully saturated rings. The van der Waals surface area contributed by atoms with E-state index in [-0.39, 0.29) is 0 Å². The topological polar surface area (TPSA) is 48.5 Å². The summed E-state index contributed by atoms with van der Waals surface area (Å²) in [5.41, 5.74) is 4.00. The average molecular weight is 310 g/mol. The zero-order valence-corrected chi connectivity index (χ0v) is 13.3. The molecule has 0 amide bonds. The van der Waals surface area contributed by atoms with E-state index >= 15 is 0 Å². The number of aromatic nitrogens is 5. The van der Waals surface area contributed by atoms with Crippen LogP contribution in [0.4, 0.5) is 0 Å². The van der Waals surface area contributed by atoms with Crippen LogP contribution in [0.15, 0.2) is 5.38 Å². The summed E-state index contributed by atoms with van der Waals surface area (Å²) >= 11 is 7.57. The van der Waals surface area contributed by atoms with Gasteiger partial charge in [0.25, 0.3) is 0 Å². The number of rotatable bonds is 4. The fraction of sp³-hybridized carbons (Fsp3) is 0.462. The van der Waals surface area contributed by atoms with Gasteiger partial charge in [0.15, 0.2) is 5.65 Å². The van der Waals surface area contributed by atoms with E-state index < -0.39 is 0 Å². The van der Waals surface area contributed by atoms with Crippen molar-refractivity contribution in [1.29, 1.82) is 0 Å². The van der Waals surface area contributed by atoms with E-state index in [1.54, 1.807) is 11.3 Å². The van der Waals surface area contributed by atoms with Gasteiger partial charge in [-0.05, 0) is 13.8 Å². The van der Waals surface area contributed by atoms with Crippen LogP contribution < -0.4 is 0 Å². The first-order chi connectivity index (χ1) is 9.60. The molecule has 3 rings (SSSR count). The lowest BCUT2D eigenvalue weighted by Gasteiger charge is -2.07. The molecule has 0 aliphatic rings. The summed E-state index contributed by atoms with van der Waals surface area (Å²) in [6.45, 7) is 4.72. The van der Waals surface area contributed by atoms with Crippen LogP contribution in [0.2, 0.25) is 0 Å². The quantitative estimate of drug-likeness (QED) is 0.696. The van der Waals surface area contributed by atoms with Crippen molar-refractivity contribution in [1.82, 2.24) is 24.3 Å². The summed E-state index contributed by atoms with van der Waals surface area (Å²) in [4.78, 5) is 9.23. The number of aryl methyl sites for hydroxylation is 4. The van der Waals surface area contributed by atoms with Crippen molar-refractivity contribution in [3.63, 3.8) is 0 Å². The van der Waals surface area contributed by atoms with Gasteiger partial charge in [0, 0.05) is 24.7 Å². The first-order valence-electron chi connectivity index (χ1n) is 6.46. The molecule has 3 aromatic rings. The SMILES string of the molecule is Cc1nc(Cn2c(CCCl)nc3c(C)nn(C)c32)cs1. The maximum absolute atomic E-state index is 5.90. The molecule has 106 valence electrons. The van der Waals surface area contributed by atoms with Crippen LogP contribution >= 0.6 is 22.9 Å². The highest BCUT2D eigenvalue weighted by atomic mass is 35.5. The number of hydrogen-bond donors (Lipinski definition) is 0. The third kappa shape index (κ3) is 2.23. The van der Waals surface area contributed by atoms with Crippen molar-refractivity contribution in [2.45, 2.75) is 26.8 Å². The van der Waals surface area contributed by atoms with Gasteiger partial charge >= 0.3 is 0 Å². The summed E-state index contributed by atoms with van der Waals surface area (Å²) < 4.78 is 4.06. The minimum Gasteiger partial charge on any atom is -0.307 e. The van der Waals surface area contributed by atoms with Crippen molar-refractivity contribution < 1.29 is 0 Å². The van der Waals surface area contributed by atoms with Crippen LogP contribution in [-0.2, 0) is 20.0 Å². The van der Waals surface area contributed by atoms with Crippen molar-refractivity contribution in [2.24, 2.45) is 7.05 Å².